The summed E-state index contributed by atoms with van der Waals surface area (Å²) in [6.07, 6.45) is 2.43. The molecule has 0 saturated carbocycles. The topological polar surface area (TPSA) is 38.8 Å². The molecule has 4 nitrogen and oxygen atoms in total. The van der Waals surface area contributed by atoms with E-state index in [0.29, 0.717) is 13.0 Å². The maximum Gasteiger partial charge on any atom is 0.222 e. The van der Waals surface area contributed by atoms with Crippen LogP contribution in [-0.2, 0) is 14.9 Å². The normalized spacial score (nSPS) is 18.3. The summed E-state index contributed by atoms with van der Waals surface area (Å²) in [4.78, 5) is 14.0. The fraction of sp³-hybridized carbons (Fsp3) is 0.632. The SMILES string of the molecule is COC1CCN(C(=O)CCCOc2ccc(C(C)(C)C)cc2)C1. The van der Waals surface area contributed by atoms with Gasteiger partial charge in [0, 0.05) is 26.6 Å². The van der Waals surface area contributed by atoms with Crippen LogP contribution in [0.1, 0.15) is 45.6 Å². The van der Waals surface area contributed by atoms with E-state index < -0.39 is 0 Å². The van der Waals surface area contributed by atoms with Gasteiger partial charge in [-0.25, -0.2) is 0 Å². The number of hydrogen-bond acceptors (Lipinski definition) is 3. The largest absolute Gasteiger partial charge is 0.494 e. The van der Waals surface area contributed by atoms with Gasteiger partial charge in [-0.3, -0.25) is 4.79 Å². The molecule has 0 aromatic heterocycles. The number of nitrogens with zero attached hydrogens (tertiary/aromatic N) is 1. The Balaban J connectivity index is 1.68. The highest BCUT2D eigenvalue weighted by Gasteiger charge is 2.25. The molecule has 1 atom stereocenters. The van der Waals surface area contributed by atoms with Crippen molar-refractivity contribution in [1.29, 1.82) is 0 Å². The number of likely N-dealkylation sites (tertiary alicyclic amines) is 1. The second-order valence-electron chi connectivity index (χ2n) is 7.21. The molecule has 0 spiro atoms. The van der Waals surface area contributed by atoms with Crippen LogP contribution in [0.25, 0.3) is 0 Å². The molecular formula is C19H29NO3. The van der Waals surface area contributed by atoms with Crippen LogP contribution in [0, 0.1) is 0 Å². The van der Waals surface area contributed by atoms with Crippen LogP contribution in [-0.4, -0.2) is 43.7 Å². The summed E-state index contributed by atoms with van der Waals surface area (Å²) in [5.41, 5.74) is 1.45. The lowest BCUT2D eigenvalue weighted by Gasteiger charge is -2.19. The number of amides is 1. The van der Waals surface area contributed by atoms with E-state index in [1.165, 1.54) is 5.56 Å². The van der Waals surface area contributed by atoms with Crippen LogP contribution >= 0.6 is 0 Å². The molecule has 128 valence electrons. The second kappa shape index (κ2) is 7.82. The van der Waals surface area contributed by atoms with Gasteiger partial charge in [-0.2, -0.15) is 0 Å². The minimum Gasteiger partial charge on any atom is -0.494 e. The van der Waals surface area contributed by atoms with E-state index >= 15 is 0 Å². The van der Waals surface area contributed by atoms with Gasteiger partial charge in [0.2, 0.25) is 5.91 Å². The number of methoxy groups -OCH3 is 1. The van der Waals surface area contributed by atoms with Crippen molar-refractivity contribution in [3.63, 3.8) is 0 Å². The van der Waals surface area contributed by atoms with E-state index in [9.17, 15) is 4.79 Å². The standard InChI is InChI=1S/C19H29NO3/c1-19(2,3)15-7-9-16(10-8-15)23-13-5-6-18(21)20-12-11-17(14-20)22-4/h7-10,17H,5-6,11-14H2,1-4H3. The minimum atomic E-state index is 0.154. The summed E-state index contributed by atoms with van der Waals surface area (Å²) in [5.74, 6) is 1.07. The van der Waals surface area contributed by atoms with E-state index in [2.05, 4.69) is 32.9 Å². The van der Waals surface area contributed by atoms with E-state index in [0.717, 1.165) is 31.7 Å². The van der Waals surface area contributed by atoms with Crippen molar-refractivity contribution in [2.45, 2.75) is 51.6 Å². The molecule has 1 aliphatic rings. The molecule has 1 aliphatic heterocycles. The summed E-state index contributed by atoms with van der Waals surface area (Å²) < 4.78 is 11.0. The highest BCUT2D eigenvalue weighted by molar-refractivity contribution is 5.76. The summed E-state index contributed by atoms with van der Waals surface area (Å²) in [5, 5.41) is 0. The number of ether oxygens (including phenoxy) is 2. The third-order valence-electron chi connectivity index (χ3n) is 4.36. The number of carbonyl (C=O) groups is 1. The Labute approximate surface area is 139 Å². The first kappa shape index (κ1) is 17.8. The van der Waals surface area contributed by atoms with E-state index in [1.807, 2.05) is 17.0 Å². The monoisotopic (exact) mass is 319 g/mol. The van der Waals surface area contributed by atoms with Crippen molar-refractivity contribution >= 4 is 5.91 Å². The van der Waals surface area contributed by atoms with Crippen LogP contribution in [0.3, 0.4) is 0 Å². The molecule has 1 saturated heterocycles. The molecule has 0 radical (unpaired) electrons. The van der Waals surface area contributed by atoms with Gasteiger partial charge in [0.1, 0.15) is 5.75 Å². The average molecular weight is 319 g/mol. The lowest BCUT2D eigenvalue weighted by atomic mass is 9.87. The molecule has 2 rings (SSSR count). The van der Waals surface area contributed by atoms with Gasteiger partial charge in [-0.15, -0.1) is 0 Å². The van der Waals surface area contributed by atoms with Crippen LogP contribution in [0.5, 0.6) is 5.75 Å². The van der Waals surface area contributed by atoms with Crippen molar-refractivity contribution in [1.82, 2.24) is 4.90 Å². The van der Waals surface area contributed by atoms with Crippen LogP contribution in [0.15, 0.2) is 24.3 Å². The van der Waals surface area contributed by atoms with Crippen molar-refractivity contribution in [3.8, 4) is 5.75 Å². The Morgan fingerprint density at radius 1 is 1.26 bits per heavy atom. The van der Waals surface area contributed by atoms with Gasteiger partial charge in [0.15, 0.2) is 0 Å². The van der Waals surface area contributed by atoms with Gasteiger partial charge in [-0.1, -0.05) is 32.9 Å². The first-order valence-corrected chi connectivity index (χ1v) is 8.44. The molecule has 1 heterocycles. The highest BCUT2D eigenvalue weighted by Crippen LogP contribution is 2.24. The quantitative estimate of drug-likeness (QED) is 0.755. The molecule has 1 unspecified atom stereocenters. The molecule has 4 heteroatoms. The number of hydrogen-bond donors (Lipinski definition) is 0. The van der Waals surface area contributed by atoms with Gasteiger partial charge >= 0.3 is 0 Å². The number of carbonyl (C=O) groups excluding carboxylic acids is 1. The van der Waals surface area contributed by atoms with Crippen molar-refractivity contribution in [2.75, 3.05) is 26.8 Å². The number of rotatable bonds is 6. The third-order valence-corrected chi connectivity index (χ3v) is 4.36. The highest BCUT2D eigenvalue weighted by atomic mass is 16.5. The lowest BCUT2D eigenvalue weighted by Crippen LogP contribution is -2.30. The smallest absolute Gasteiger partial charge is 0.222 e. The predicted molar refractivity (Wildman–Crippen MR) is 91.9 cm³/mol. The average Bonchev–Trinajstić information content (AvgIpc) is 3.00. The zero-order valence-electron chi connectivity index (χ0n) is 14.8. The molecule has 23 heavy (non-hydrogen) atoms. The molecule has 0 N–H and O–H groups in total. The fourth-order valence-corrected chi connectivity index (χ4v) is 2.77. The molecule has 1 aromatic carbocycles. The van der Waals surface area contributed by atoms with Crippen molar-refractivity contribution in [2.24, 2.45) is 0 Å². The van der Waals surface area contributed by atoms with E-state index in [-0.39, 0.29) is 17.4 Å². The molecule has 1 aromatic rings. The first-order valence-electron chi connectivity index (χ1n) is 8.44. The molecule has 1 amide bonds. The Hall–Kier alpha value is -1.55. The van der Waals surface area contributed by atoms with Gasteiger partial charge < -0.3 is 14.4 Å². The molecule has 1 fully saturated rings. The van der Waals surface area contributed by atoms with Gasteiger partial charge in [0.25, 0.3) is 0 Å². The maximum absolute atomic E-state index is 12.1. The second-order valence-corrected chi connectivity index (χ2v) is 7.21. The van der Waals surface area contributed by atoms with Gasteiger partial charge in [0.05, 0.1) is 12.7 Å². The first-order chi connectivity index (χ1) is 10.9. The molecular weight excluding hydrogens is 290 g/mol. The summed E-state index contributed by atoms with van der Waals surface area (Å²) >= 11 is 0. The zero-order valence-corrected chi connectivity index (χ0v) is 14.8. The summed E-state index contributed by atoms with van der Waals surface area (Å²) in [6.45, 7) is 8.70. The summed E-state index contributed by atoms with van der Waals surface area (Å²) in [6, 6.07) is 8.23. The van der Waals surface area contributed by atoms with Crippen molar-refractivity contribution < 1.29 is 14.3 Å². The fourth-order valence-electron chi connectivity index (χ4n) is 2.77. The Kier molecular flexibility index (Phi) is 6.05. The van der Waals surface area contributed by atoms with E-state index in [4.69, 9.17) is 9.47 Å². The van der Waals surface area contributed by atoms with Crippen molar-refractivity contribution in [3.05, 3.63) is 29.8 Å². The Morgan fingerprint density at radius 3 is 2.52 bits per heavy atom. The summed E-state index contributed by atoms with van der Waals surface area (Å²) in [7, 11) is 1.71. The molecule has 0 aliphatic carbocycles. The van der Waals surface area contributed by atoms with Crippen LogP contribution in [0.4, 0.5) is 0 Å². The number of benzene rings is 1. The minimum absolute atomic E-state index is 0.154. The van der Waals surface area contributed by atoms with Gasteiger partial charge in [-0.05, 0) is 36.0 Å². The predicted octanol–water partition coefficient (Wildman–Crippen LogP) is 3.39. The zero-order chi connectivity index (χ0) is 16.9. The third kappa shape index (κ3) is 5.24. The van der Waals surface area contributed by atoms with E-state index in [1.54, 1.807) is 7.11 Å². The van der Waals surface area contributed by atoms with Crippen LogP contribution in [0.2, 0.25) is 0 Å². The van der Waals surface area contributed by atoms with Crippen LogP contribution < -0.4 is 4.74 Å². The Morgan fingerprint density at radius 2 is 1.96 bits per heavy atom. The molecule has 0 bridgehead atoms. The lowest BCUT2D eigenvalue weighted by molar-refractivity contribution is -0.130. The Bertz CT molecular complexity index is 504. The maximum atomic E-state index is 12.1.